The first-order chi connectivity index (χ1) is 9.16. The molecule has 1 heterocycles. The number of aryl methyl sites for hydroxylation is 1. The fraction of sp³-hybridized carbons (Fsp3) is 0.0667. The zero-order chi connectivity index (χ0) is 13.4. The first-order valence-electron chi connectivity index (χ1n) is 5.93. The average Bonchev–Trinajstić information content (AvgIpc) is 2.83. The maximum absolute atomic E-state index is 11.2. The van der Waals surface area contributed by atoms with Crippen LogP contribution < -0.4 is 0 Å². The Balaban J connectivity index is 2.34. The second-order valence-electron chi connectivity index (χ2n) is 4.41. The Morgan fingerprint density at radius 2 is 1.89 bits per heavy atom. The van der Waals surface area contributed by atoms with Crippen LogP contribution in [0.1, 0.15) is 16.1 Å². The summed E-state index contributed by atoms with van der Waals surface area (Å²) >= 11 is 0. The largest absolute Gasteiger partial charge is 0.478 e. The van der Waals surface area contributed by atoms with E-state index in [1.165, 1.54) is 0 Å². The zero-order valence-electron chi connectivity index (χ0n) is 10.4. The highest BCUT2D eigenvalue weighted by molar-refractivity contribution is 6.06. The Morgan fingerprint density at radius 1 is 1.16 bits per heavy atom. The molecular weight excluding hydrogens is 240 g/mol. The molecular formula is C15H12N2O2. The number of carbonyl (C=O) groups is 1. The standard InChI is InChI=1S/C15H12N2O2/c1-10-8-17(9-16-10)14-7-6-13(15(18)19)11-4-2-3-5-12(11)14/h2-9H,1H3,(H,18,19). The van der Waals surface area contributed by atoms with E-state index in [1.54, 1.807) is 12.4 Å². The molecule has 0 aliphatic carbocycles. The van der Waals surface area contributed by atoms with Gasteiger partial charge in [0.25, 0.3) is 0 Å². The van der Waals surface area contributed by atoms with Gasteiger partial charge in [-0.2, -0.15) is 0 Å². The highest BCUT2D eigenvalue weighted by Crippen LogP contribution is 2.25. The molecule has 3 rings (SSSR count). The predicted molar refractivity (Wildman–Crippen MR) is 72.8 cm³/mol. The van der Waals surface area contributed by atoms with Crippen LogP contribution in [0.4, 0.5) is 0 Å². The fourth-order valence-corrected chi connectivity index (χ4v) is 2.25. The SMILES string of the molecule is Cc1cn(-c2ccc(C(=O)O)c3ccccc23)cn1. The van der Waals surface area contributed by atoms with Crippen molar-refractivity contribution >= 4 is 16.7 Å². The first-order valence-corrected chi connectivity index (χ1v) is 5.93. The third kappa shape index (κ3) is 1.87. The van der Waals surface area contributed by atoms with E-state index in [1.807, 2.05) is 48.0 Å². The summed E-state index contributed by atoms with van der Waals surface area (Å²) in [7, 11) is 0. The minimum absolute atomic E-state index is 0.316. The van der Waals surface area contributed by atoms with Crippen LogP contribution in [0.5, 0.6) is 0 Å². The number of carboxylic acids is 1. The van der Waals surface area contributed by atoms with Gasteiger partial charge in [0.15, 0.2) is 0 Å². The minimum atomic E-state index is -0.912. The second-order valence-corrected chi connectivity index (χ2v) is 4.41. The van der Waals surface area contributed by atoms with Gasteiger partial charge in [0, 0.05) is 11.6 Å². The molecule has 2 aromatic carbocycles. The molecule has 0 radical (unpaired) electrons. The summed E-state index contributed by atoms with van der Waals surface area (Å²) in [5, 5.41) is 10.9. The average molecular weight is 252 g/mol. The lowest BCUT2D eigenvalue weighted by atomic mass is 10.0. The quantitative estimate of drug-likeness (QED) is 0.762. The maximum atomic E-state index is 11.2. The lowest BCUT2D eigenvalue weighted by Gasteiger charge is -2.09. The number of aromatic carboxylic acids is 1. The summed E-state index contributed by atoms with van der Waals surface area (Å²) < 4.78 is 1.91. The van der Waals surface area contributed by atoms with Crippen LogP contribution in [0.2, 0.25) is 0 Å². The number of benzene rings is 2. The number of imidazole rings is 1. The lowest BCUT2D eigenvalue weighted by molar-refractivity contribution is 0.0699. The third-order valence-corrected chi connectivity index (χ3v) is 3.12. The highest BCUT2D eigenvalue weighted by Gasteiger charge is 2.11. The van der Waals surface area contributed by atoms with Crippen molar-refractivity contribution in [1.29, 1.82) is 0 Å². The van der Waals surface area contributed by atoms with Crippen molar-refractivity contribution < 1.29 is 9.90 Å². The number of hydrogen-bond acceptors (Lipinski definition) is 2. The summed E-state index contributed by atoms with van der Waals surface area (Å²) in [5.41, 5.74) is 2.17. The van der Waals surface area contributed by atoms with Crippen molar-refractivity contribution in [3.8, 4) is 5.69 Å². The lowest BCUT2D eigenvalue weighted by Crippen LogP contribution is -2.00. The number of rotatable bonds is 2. The van der Waals surface area contributed by atoms with Crippen LogP contribution in [0, 0.1) is 6.92 Å². The van der Waals surface area contributed by atoms with Crippen LogP contribution >= 0.6 is 0 Å². The van der Waals surface area contributed by atoms with Crippen molar-refractivity contribution in [3.05, 3.63) is 60.2 Å². The van der Waals surface area contributed by atoms with Gasteiger partial charge in [-0.05, 0) is 24.4 Å². The Morgan fingerprint density at radius 3 is 2.53 bits per heavy atom. The summed E-state index contributed by atoms with van der Waals surface area (Å²) in [6.45, 7) is 1.92. The maximum Gasteiger partial charge on any atom is 0.336 e. The Hall–Kier alpha value is -2.62. The van der Waals surface area contributed by atoms with E-state index < -0.39 is 5.97 Å². The summed E-state index contributed by atoms with van der Waals surface area (Å²) in [5.74, 6) is -0.912. The molecule has 4 heteroatoms. The topological polar surface area (TPSA) is 55.1 Å². The molecule has 3 aromatic rings. The molecule has 0 atom stereocenters. The third-order valence-electron chi connectivity index (χ3n) is 3.12. The van der Waals surface area contributed by atoms with Crippen LogP contribution in [0.15, 0.2) is 48.9 Å². The molecule has 0 amide bonds. The number of nitrogens with zero attached hydrogens (tertiary/aromatic N) is 2. The molecule has 0 fully saturated rings. The van der Waals surface area contributed by atoms with E-state index in [9.17, 15) is 9.90 Å². The van der Waals surface area contributed by atoms with Gasteiger partial charge in [-0.3, -0.25) is 0 Å². The van der Waals surface area contributed by atoms with Gasteiger partial charge in [-0.25, -0.2) is 9.78 Å². The van der Waals surface area contributed by atoms with Gasteiger partial charge in [-0.15, -0.1) is 0 Å². The van der Waals surface area contributed by atoms with Crippen LogP contribution in [0.3, 0.4) is 0 Å². The van der Waals surface area contributed by atoms with Gasteiger partial charge >= 0.3 is 5.97 Å². The monoisotopic (exact) mass is 252 g/mol. The minimum Gasteiger partial charge on any atom is -0.478 e. The molecule has 19 heavy (non-hydrogen) atoms. The van der Waals surface area contributed by atoms with Crippen LogP contribution in [0.25, 0.3) is 16.5 Å². The van der Waals surface area contributed by atoms with E-state index in [2.05, 4.69) is 4.98 Å². The molecule has 0 saturated heterocycles. The van der Waals surface area contributed by atoms with Crippen LogP contribution in [-0.2, 0) is 0 Å². The van der Waals surface area contributed by atoms with Crippen molar-refractivity contribution in [2.75, 3.05) is 0 Å². The number of fused-ring (bicyclic) bond motifs is 1. The predicted octanol–water partition coefficient (Wildman–Crippen LogP) is 3.03. The number of carboxylic acid groups (broad SMARTS) is 1. The normalized spacial score (nSPS) is 10.8. The van der Waals surface area contributed by atoms with E-state index in [0.29, 0.717) is 5.56 Å². The van der Waals surface area contributed by atoms with Crippen molar-refractivity contribution in [2.24, 2.45) is 0 Å². The Bertz CT molecular complexity index is 775. The van der Waals surface area contributed by atoms with Crippen molar-refractivity contribution in [1.82, 2.24) is 9.55 Å². The number of aromatic nitrogens is 2. The first kappa shape index (κ1) is 11.5. The molecule has 0 saturated carbocycles. The van der Waals surface area contributed by atoms with E-state index in [-0.39, 0.29) is 0 Å². The molecule has 0 aliphatic heterocycles. The van der Waals surface area contributed by atoms with Gasteiger partial charge in [-0.1, -0.05) is 24.3 Å². The molecule has 94 valence electrons. The molecule has 1 N–H and O–H groups in total. The van der Waals surface area contributed by atoms with Gasteiger partial charge < -0.3 is 9.67 Å². The number of hydrogen-bond donors (Lipinski definition) is 1. The van der Waals surface area contributed by atoms with E-state index >= 15 is 0 Å². The van der Waals surface area contributed by atoms with Crippen molar-refractivity contribution in [3.63, 3.8) is 0 Å². The molecule has 1 aromatic heterocycles. The molecule has 4 nitrogen and oxygen atoms in total. The van der Waals surface area contributed by atoms with Gasteiger partial charge in [0.2, 0.25) is 0 Å². The Kier molecular flexibility index (Phi) is 2.56. The molecule has 0 bridgehead atoms. The molecule has 0 unspecified atom stereocenters. The zero-order valence-corrected chi connectivity index (χ0v) is 10.4. The molecule has 0 aliphatic rings. The summed E-state index contributed by atoms with van der Waals surface area (Å²) in [4.78, 5) is 15.5. The van der Waals surface area contributed by atoms with Crippen LogP contribution in [-0.4, -0.2) is 20.6 Å². The van der Waals surface area contributed by atoms with Crippen molar-refractivity contribution in [2.45, 2.75) is 6.92 Å². The highest BCUT2D eigenvalue weighted by atomic mass is 16.4. The second kappa shape index (κ2) is 4.24. The van der Waals surface area contributed by atoms with Gasteiger partial charge in [0.1, 0.15) is 0 Å². The van der Waals surface area contributed by atoms with Gasteiger partial charge in [0.05, 0.1) is 23.3 Å². The fourth-order valence-electron chi connectivity index (χ4n) is 2.25. The van der Waals surface area contributed by atoms with E-state index in [0.717, 1.165) is 22.2 Å². The summed E-state index contributed by atoms with van der Waals surface area (Å²) in [6, 6.07) is 10.9. The summed E-state index contributed by atoms with van der Waals surface area (Å²) in [6.07, 6.45) is 3.65. The van der Waals surface area contributed by atoms with E-state index in [4.69, 9.17) is 0 Å². The molecule has 0 spiro atoms. The Labute approximate surface area is 109 Å². The smallest absolute Gasteiger partial charge is 0.336 e.